The fourth-order valence-electron chi connectivity index (χ4n) is 3.57. The van der Waals surface area contributed by atoms with Crippen LogP contribution in [0.15, 0.2) is 24.5 Å². The van der Waals surface area contributed by atoms with Gasteiger partial charge in [0.1, 0.15) is 0 Å². The normalized spacial score (nSPS) is 20.1. The zero-order valence-corrected chi connectivity index (χ0v) is 15.5. The molecule has 1 saturated carbocycles. The summed E-state index contributed by atoms with van der Waals surface area (Å²) in [6.07, 6.45) is 8.74. The molecule has 5 heteroatoms. The Morgan fingerprint density at radius 3 is 2.16 bits per heavy atom. The van der Waals surface area contributed by atoms with Crippen molar-refractivity contribution >= 4 is 11.8 Å². The van der Waals surface area contributed by atoms with Gasteiger partial charge in [-0.05, 0) is 56.2 Å². The van der Waals surface area contributed by atoms with E-state index in [1.807, 2.05) is 17.0 Å². The molecule has 1 aromatic heterocycles. The molecule has 0 atom stereocenters. The van der Waals surface area contributed by atoms with Crippen LogP contribution in [0.3, 0.4) is 0 Å². The summed E-state index contributed by atoms with van der Waals surface area (Å²) in [5.74, 6) is 0.542. The minimum atomic E-state index is 0.0386. The van der Waals surface area contributed by atoms with E-state index >= 15 is 0 Å². The predicted molar refractivity (Wildman–Crippen MR) is 98.7 cm³/mol. The molecule has 0 radical (unpaired) electrons. The average molecular weight is 345 g/mol. The van der Waals surface area contributed by atoms with E-state index in [4.69, 9.17) is 0 Å². The second-order valence-corrected chi connectivity index (χ2v) is 6.95. The van der Waals surface area contributed by atoms with Crippen LogP contribution < -0.4 is 5.32 Å². The van der Waals surface area contributed by atoms with Gasteiger partial charge in [0.05, 0.1) is 0 Å². The van der Waals surface area contributed by atoms with Gasteiger partial charge in [0.15, 0.2) is 0 Å². The van der Waals surface area contributed by atoms with Crippen molar-refractivity contribution in [1.82, 2.24) is 15.2 Å². The van der Waals surface area contributed by atoms with Crippen LogP contribution in [0.2, 0.25) is 0 Å². The Labute approximate surface area is 151 Å². The number of hydrogen-bond donors (Lipinski definition) is 1. The quantitative estimate of drug-likeness (QED) is 0.787. The van der Waals surface area contributed by atoms with Gasteiger partial charge < -0.3 is 10.2 Å². The zero-order valence-electron chi connectivity index (χ0n) is 15.5. The molecule has 2 rings (SSSR count). The molecule has 2 amide bonds. The van der Waals surface area contributed by atoms with Crippen molar-refractivity contribution in [2.75, 3.05) is 13.1 Å². The van der Waals surface area contributed by atoms with Crippen LogP contribution in [0.25, 0.3) is 0 Å². The van der Waals surface area contributed by atoms with Crippen molar-refractivity contribution in [3.8, 4) is 0 Å². The molecule has 0 aliphatic heterocycles. The molecule has 1 aliphatic rings. The van der Waals surface area contributed by atoms with E-state index in [0.29, 0.717) is 12.5 Å². The SMILES string of the molecule is CCCN(CCC)C(=O)C1CCC(C(=O)NCc2ccncc2)CC1. The molecule has 0 saturated heterocycles. The predicted octanol–water partition coefficient (Wildman–Crippen LogP) is 3.15. The molecule has 25 heavy (non-hydrogen) atoms. The second-order valence-electron chi connectivity index (χ2n) is 6.95. The fourth-order valence-corrected chi connectivity index (χ4v) is 3.57. The van der Waals surface area contributed by atoms with Gasteiger partial charge in [-0.3, -0.25) is 14.6 Å². The van der Waals surface area contributed by atoms with Gasteiger partial charge in [0, 0.05) is 43.9 Å². The highest BCUT2D eigenvalue weighted by atomic mass is 16.2. The molecule has 138 valence electrons. The van der Waals surface area contributed by atoms with E-state index in [0.717, 1.165) is 57.2 Å². The maximum atomic E-state index is 12.7. The summed E-state index contributed by atoms with van der Waals surface area (Å²) < 4.78 is 0. The molecule has 1 aromatic rings. The summed E-state index contributed by atoms with van der Waals surface area (Å²) in [4.78, 5) is 31.0. The fraction of sp³-hybridized carbons (Fsp3) is 0.650. The lowest BCUT2D eigenvalue weighted by molar-refractivity contribution is -0.138. The van der Waals surface area contributed by atoms with Crippen molar-refractivity contribution in [2.45, 2.75) is 58.9 Å². The molecule has 0 bridgehead atoms. The van der Waals surface area contributed by atoms with E-state index < -0.39 is 0 Å². The molecule has 0 spiro atoms. The lowest BCUT2D eigenvalue weighted by Crippen LogP contribution is -2.40. The Kier molecular flexibility index (Phi) is 7.89. The van der Waals surface area contributed by atoms with Crippen LogP contribution >= 0.6 is 0 Å². The van der Waals surface area contributed by atoms with Crippen molar-refractivity contribution in [3.05, 3.63) is 30.1 Å². The Hall–Kier alpha value is -1.91. The van der Waals surface area contributed by atoms with Crippen LogP contribution in [-0.4, -0.2) is 34.8 Å². The summed E-state index contributed by atoms with van der Waals surface area (Å²) in [7, 11) is 0. The van der Waals surface area contributed by atoms with E-state index in [2.05, 4.69) is 24.1 Å². The maximum Gasteiger partial charge on any atom is 0.225 e. The maximum absolute atomic E-state index is 12.7. The molecule has 1 fully saturated rings. The minimum absolute atomic E-state index is 0.0386. The first-order valence-electron chi connectivity index (χ1n) is 9.61. The van der Waals surface area contributed by atoms with E-state index in [9.17, 15) is 9.59 Å². The Balaban J connectivity index is 1.78. The van der Waals surface area contributed by atoms with Gasteiger partial charge >= 0.3 is 0 Å². The van der Waals surface area contributed by atoms with Crippen molar-refractivity contribution < 1.29 is 9.59 Å². The summed E-state index contributed by atoms with van der Waals surface area (Å²) in [6, 6.07) is 3.82. The van der Waals surface area contributed by atoms with Crippen LogP contribution in [0.1, 0.15) is 57.9 Å². The third kappa shape index (κ3) is 5.83. The van der Waals surface area contributed by atoms with Gasteiger partial charge in [-0.25, -0.2) is 0 Å². The highest BCUT2D eigenvalue weighted by Gasteiger charge is 2.31. The monoisotopic (exact) mass is 345 g/mol. The highest BCUT2D eigenvalue weighted by molar-refractivity contribution is 5.81. The van der Waals surface area contributed by atoms with Gasteiger partial charge in [-0.2, -0.15) is 0 Å². The van der Waals surface area contributed by atoms with Crippen LogP contribution in [0, 0.1) is 11.8 Å². The molecule has 1 N–H and O–H groups in total. The van der Waals surface area contributed by atoms with Gasteiger partial charge in [-0.15, -0.1) is 0 Å². The van der Waals surface area contributed by atoms with Crippen LogP contribution in [0.5, 0.6) is 0 Å². The van der Waals surface area contributed by atoms with Crippen molar-refractivity contribution in [1.29, 1.82) is 0 Å². The van der Waals surface area contributed by atoms with Gasteiger partial charge in [0.25, 0.3) is 0 Å². The lowest BCUT2D eigenvalue weighted by Gasteiger charge is -2.31. The topological polar surface area (TPSA) is 62.3 Å². The first-order chi connectivity index (χ1) is 12.2. The number of carbonyl (C=O) groups is 2. The van der Waals surface area contributed by atoms with Crippen LogP contribution in [0.4, 0.5) is 0 Å². The smallest absolute Gasteiger partial charge is 0.225 e. The lowest BCUT2D eigenvalue weighted by atomic mass is 9.81. The first kappa shape index (κ1) is 19.4. The van der Waals surface area contributed by atoms with E-state index in [-0.39, 0.29) is 17.7 Å². The number of rotatable bonds is 8. The number of hydrogen-bond acceptors (Lipinski definition) is 3. The highest BCUT2D eigenvalue weighted by Crippen LogP contribution is 2.30. The molecule has 1 aliphatic carbocycles. The summed E-state index contributed by atoms with van der Waals surface area (Å²) >= 11 is 0. The summed E-state index contributed by atoms with van der Waals surface area (Å²) in [5.41, 5.74) is 1.06. The van der Waals surface area contributed by atoms with Crippen molar-refractivity contribution in [3.63, 3.8) is 0 Å². The first-order valence-corrected chi connectivity index (χ1v) is 9.61. The average Bonchev–Trinajstić information content (AvgIpc) is 2.66. The molecule has 0 unspecified atom stereocenters. The molecule has 0 aromatic carbocycles. The minimum Gasteiger partial charge on any atom is -0.352 e. The van der Waals surface area contributed by atoms with E-state index in [1.54, 1.807) is 12.4 Å². The van der Waals surface area contributed by atoms with Gasteiger partial charge in [-0.1, -0.05) is 13.8 Å². The number of aromatic nitrogens is 1. The Morgan fingerprint density at radius 2 is 1.60 bits per heavy atom. The third-order valence-corrected chi connectivity index (χ3v) is 4.96. The number of carbonyl (C=O) groups excluding carboxylic acids is 2. The standard InChI is InChI=1S/C20H31N3O2/c1-3-13-23(14-4-2)20(25)18-7-5-17(6-8-18)19(24)22-15-16-9-11-21-12-10-16/h9-12,17-18H,3-8,13-15H2,1-2H3,(H,22,24). The van der Waals surface area contributed by atoms with Gasteiger partial charge in [0.2, 0.25) is 11.8 Å². The number of pyridine rings is 1. The Bertz CT molecular complexity index is 533. The van der Waals surface area contributed by atoms with E-state index in [1.165, 1.54) is 0 Å². The summed E-state index contributed by atoms with van der Waals surface area (Å²) in [6.45, 7) is 6.46. The molecular formula is C20H31N3O2. The largest absolute Gasteiger partial charge is 0.352 e. The second kappa shape index (κ2) is 10.2. The molecule has 1 heterocycles. The molecular weight excluding hydrogens is 314 g/mol. The Morgan fingerprint density at radius 1 is 1.04 bits per heavy atom. The number of nitrogens with zero attached hydrogens (tertiary/aromatic N) is 2. The number of nitrogens with one attached hydrogen (secondary N) is 1. The zero-order chi connectivity index (χ0) is 18.1. The third-order valence-electron chi connectivity index (χ3n) is 4.96. The van der Waals surface area contributed by atoms with Crippen LogP contribution in [-0.2, 0) is 16.1 Å². The summed E-state index contributed by atoms with van der Waals surface area (Å²) in [5, 5.41) is 3.01. The van der Waals surface area contributed by atoms with Crippen molar-refractivity contribution in [2.24, 2.45) is 11.8 Å². The molecule has 5 nitrogen and oxygen atoms in total. The number of amides is 2.